The Hall–Kier alpha value is -1.61. The minimum Gasteiger partial charge on any atom is -0.385 e. The van der Waals surface area contributed by atoms with Gasteiger partial charge in [0.1, 0.15) is 0 Å². The molecule has 3 rings (SSSR count). The maximum absolute atomic E-state index is 5.34. The number of rotatable bonds is 9. The van der Waals surface area contributed by atoms with Gasteiger partial charge in [-0.2, -0.15) is 5.10 Å². The van der Waals surface area contributed by atoms with E-state index < -0.39 is 0 Å². The molecule has 0 saturated heterocycles. The van der Waals surface area contributed by atoms with E-state index in [0.29, 0.717) is 12.0 Å². The summed E-state index contributed by atoms with van der Waals surface area (Å²) in [6.45, 7) is 5.33. The molecular weight excluding hydrogens is 477 g/mol. The number of aliphatic imine (C=N–C) groups is 1. The van der Waals surface area contributed by atoms with E-state index in [1.165, 1.54) is 25.7 Å². The predicted octanol–water partition coefficient (Wildman–Crippen LogP) is 4.14. The fourth-order valence-electron chi connectivity index (χ4n) is 3.91. The summed E-state index contributed by atoms with van der Waals surface area (Å²) >= 11 is 0. The number of para-hydroxylation sites is 1. The zero-order valence-corrected chi connectivity index (χ0v) is 19.9. The highest BCUT2D eigenvalue weighted by atomic mass is 127. The summed E-state index contributed by atoms with van der Waals surface area (Å²) in [6, 6.07) is 10.1. The number of guanidine groups is 1. The van der Waals surface area contributed by atoms with E-state index in [-0.39, 0.29) is 24.0 Å². The van der Waals surface area contributed by atoms with E-state index in [1.807, 2.05) is 47.4 Å². The second-order valence-electron chi connectivity index (χ2n) is 7.63. The molecule has 0 bridgehead atoms. The molecule has 1 fully saturated rings. The Kier molecular flexibility index (Phi) is 9.93. The molecule has 1 aliphatic rings. The lowest BCUT2D eigenvalue weighted by Crippen LogP contribution is -2.43. The molecule has 0 unspecified atom stereocenters. The van der Waals surface area contributed by atoms with Gasteiger partial charge in [0.05, 0.1) is 18.4 Å². The summed E-state index contributed by atoms with van der Waals surface area (Å²) in [5.41, 5.74) is 2.49. The van der Waals surface area contributed by atoms with Gasteiger partial charge in [-0.1, -0.05) is 31.0 Å². The van der Waals surface area contributed by atoms with Crippen LogP contribution in [0.5, 0.6) is 0 Å². The van der Waals surface area contributed by atoms with Gasteiger partial charge in [-0.3, -0.25) is 0 Å². The molecule has 0 spiro atoms. The van der Waals surface area contributed by atoms with Gasteiger partial charge >= 0.3 is 0 Å². The highest BCUT2D eigenvalue weighted by molar-refractivity contribution is 14.0. The molecule has 29 heavy (non-hydrogen) atoms. The summed E-state index contributed by atoms with van der Waals surface area (Å²) in [4.78, 5) is 4.77. The first kappa shape index (κ1) is 23.7. The Balaban J connectivity index is 0.00000300. The first-order valence-electron chi connectivity index (χ1n) is 10.3. The maximum atomic E-state index is 5.34. The zero-order valence-electron chi connectivity index (χ0n) is 17.6. The quantitative estimate of drug-likeness (QED) is 0.302. The van der Waals surface area contributed by atoms with Gasteiger partial charge in [-0.15, -0.1) is 24.0 Å². The van der Waals surface area contributed by atoms with Crippen molar-refractivity contribution >= 4 is 29.9 Å². The number of benzene rings is 1. The van der Waals surface area contributed by atoms with Crippen LogP contribution >= 0.6 is 24.0 Å². The number of nitrogens with one attached hydrogen (secondary N) is 2. The molecule has 7 heteroatoms. The van der Waals surface area contributed by atoms with Gasteiger partial charge in [0.25, 0.3) is 0 Å². The third-order valence-electron chi connectivity index (χ3n) is 5.55. The first-order valence-corrected chi connectivity index (χ1v) is 10.3. The van der Waals surface area contributed by atoms with Crippen LogP contribution in [0.3, 0.4) is 0 Å². The van der Waals surface area contributed by atoms with Crippen LogP contribution in [0, 0.1) is 5.41 Å². The van der Waals surface area contributed by atoms with E-state index in [1.54, 1.807) is 7.11 Å². The lowest BCUT2D eigenvalue weighted by Gasteiger charge is -2.30. The number of nitrogens with zero attached hydrogens (tertiary/aromatic N) is 3. The van der Waals surface area contributed by atoms with Gasteiger partial charge in [-0.05, 0) is 43.7 Å². The Morgan fingerprint density at radius 3 is 2.66 bits per heavy atom. The third-order valence-corrected chi connectivity index (χ3v) is 5.55. The number of hydrogen-bond acceptors (Lipinski definition) is 3. The Bertz CT molecular complexity index is 741. The zero-order chi connectivity index (χ0) is 19.7. The summed E-state index contributed by atoms with van der Waals surface area (Å²) in [5.74, 6) is 0.874. The van der Waals surface area contributed by atoms with Crippen LogP contribution in [0.4, 0.5) is 0 Å². The summed E-state index contributed by atoms with van der Waals surface area (Å²) in [5, 5.41) is 11.4. The normalized spacial score (nSPS) is 15.7. The summed E-state index contributed by atoms with van der Waals surface area (Å²) in [6.07, 6.45) is 10.2. The van der Waals surface area contributed by atoms with E-state index in [4.69, 9.17) is 9.73 Å². The van der Waals surface area contributed by atoms with Crippen LogP contribution in [-0.4, -0.2) is 42.5 Å². The molecule has 0 radical (unpaired) electrons. The van der Waals surface area contributed by atoms with Gasteiger partial charge in [0.2, 0.25) is 0 Å². The fraction of sp³-hybridized carbons (Fsp3) is 0.545. The topological polar surface area (TPSA) is 63.5 Å². The van der Waals surface area contributed by atoms with Crippen molar-refractivity contribution in [2.24, 2.45) is 10.4 Å². The molecule has 2 aromatic rings. The smallest absolute Gasteiger partial charge is 0.191 e. The van der Waals surface area contributed by atoms with Gasteiger partial charge in [0, 0.05) is 38.6 Å². The molecule has 160 valence electrons. The van der Waals surface area contributed by atoms with Gasteiger partial charge in [-0.25, -0.2) is 9.67 Å². The van der Waals surface area contributed by atoms with Crippen LogP contribution in [0.15, 0.2) is 47.7 Å². The SMILES string of the molecule is CCNC(=NCc1cnn(-c2ccccc2)c1)NCC1(CCOC)CCCC1.I. The molecule has 0 atom stereocenters. The molecule has 0 aliphatic heterocycles. The van der Waals surface area contributed by atoms with E-state index >= 15 is 0 Å². The average molecular weight is 511 g/mol. The Morgan fingerprint density at radius 1 is 1.21 bits per heavy atom. The van der Waals surface area contributed by atoms with Crippen LogP contribution in [0.2, 0.25) is 0 Å². The highest BCUT2D eigenvalue weighted by Gasteiger charge is 2.33. The number of halogens is 1. The average Bonchev–Trinajstić information content (AvgIpc) is 3.40. The number of ether oxygens (including phenoxy) is 1. The monoisotopic (exact) mass is 511 g/mol. The minimum atomic E-state index is 0. The van der Waals surface area contributed by atoms with E-state index in [9.17, 15) is 0 Å². The first-order chi connectivity index (χ1) is 13.7. The van der Waals surface area contributed by atoms with Crippen molar-refractivity contribution < 1.29 is 4.74 Å². The standard InChI is InChI=1S/C22H33N5O.HI/c1-3-23-21(25-18-22(13-14-28-2)11-7-8-12-22)24-15-19-16-26-27(17-19)20-9-5-4-6-10-20;/h4-6,9-10,16-17H,3,7-8,11-15,18H2,1-2H3,(H2,23,24,25);1H. The van der Waals surface area contributed by atoms with E-state index in [0.717, 1.165) is 43.3 Å². The molecule has 1 aromatic carbocycles. The van der Waals surface area contributed by atoms with Crippen molar-refractivity contribution in [3.63, 3.8) is 0 Å². The molecule has 1 aliphatic carbocycles. The largest absolute Gasteiger partial charge is 0.385 e. The second-order valence-corrected chi connectivity index (χ2v) is 7.63. The minimum absolute atomic E-state index is 0. The number of methoxy groups -OCH3 is 1. The predicted molar refractivity (Wildman–Crippen MR) is 129 cm³/mol. The Labute approximate surface area is 191 Å². The number of hydrogen-bond donors (Lipinski definition) is 2. The molecule has 0 amide bonds. The van der Waals surface area contributed by atoms with Gasteiger partial charge < -0.3 is 15.4 Å². The van der Waals surface area contributed by atoms with Crippen molar-refractivity contribution in [1.29, 1.82) is 0 Å². The molecule has 1 aromatic heterocycles. The van der Waals surface area contributed by atoms with Crippen LogP contribution in [0.25, 0.3) is 5.69 Å². The van der Waals surface area contributed by atoms with Gasteiger partial charge in [0.15, 0.2) is 5.96 Å². The van der Waals surface area contributed by atoms with Crippen molar-refractivity contribution in [2.45, 2.75) is 45.6 Å². The highest BCUT2D eigenvalue weighted by Crippen LogP contribution is 2.40. The summed E-state index contributed by atoms with van der Waals surface area (Å²) < 4.78 is 7.24. The molecule has 2 N–H and O–H groups in total. The molecular formula is C22H34IN5O. The lowest BCUT2D eigenvalue weighted by atomic mass is 9.83. The number of aromatic nitrogens is 2. The van der Waals surface area contributed by atoms with Crippen LogP contribution in [-0.2, 0) is 11.3 Å². The molecule has 6 nitrogen and oxygen atoms in total. The van der Waals surface area contributed by atoms with Crippen LogP contribution in [0.1, 0.15) is 44.6 Å². The maximum Gasteiger partial charge on any atom is 0.191 e. The lowest BCUT2D eigenvalue weighted by molar-refractivity contribution is 0.138. The van der Waals surface area contributed by atoms with Crippen molar-refractivity contribution in [3.05, 3.63) is 48.3 Å². The third kappa shape index (κ3) is 6.99. The molecule has 1 saturated carbocycles. The van der Waals surface area contributed by atoms with Crippen LogP contribution < -0.4 is 10.6 Å². The molecule has 1 heterocycles. The van der Waals surface area contributed by atoms with E-state index in [2.05, 4.69) is 22.7 Å². The second kappa shape index (κ2) is 12.2. The van der Waals surface area contributed by atoms with Crippen molar-refractivity contribution in [2.75, 3.05) is 26.8 Å². The van der Waals surface area contributed by atoms with Crippen molar-refractivity contribution in [1.82, 2.24) is 20.4 Å². The van der Waals surface area contributed by atoms with Crippen molar-refractivity contribution in [3.8, 4) is 5.69 Å². The fourth-order valence-corrected chi connectivity index (χ4v) is 3.91. The summed E-state index contributed by atoms with van der Waals surface area (Å²) in [7, 11) is 1.79. The Morgan fingerprint density at radius 2 is 1.97 bits per heavy atom.